The molecular weight excluding hydrogens is 432 g/mol. The molecule has 34 heavy (non-hydrogen) atoms. The highest BCUT2D eigenvalue weighted by molar-refractivity contribution is 6.15. The number of nitrogens with one attached hydrogen (secondary N) is 1. The van der Waals surface area contributed by atoms with Crippen LogP contribution in [0.3, 0.4) is 0 Å². The predicted octanol–water partition coefficient (Wildman–Crippen LogP) is 4.14. The molecule has 2 heterocycles. The SMILES string of the molecule is O=C(c1ccccc1)c1ccccc1C(=O)N1CCC(C(=O)Nc2ccc3c(c2)OCO3)CC1. The second kappa shape index (κ2) is 9.39. The zero-order chi connectivity index (χ0) is 23.5. The van der Waals surface area contributed by atoms with Gasteiger partial charge in [-0.25, -0.2) is 0 Å². The Labute approximate surface area is 197 Å². The first-order valence-electron chi connectivity index (χ1n) is 11.3. The Balaban J connectivity index is 1.23. The van der Waals surface area contributed by atoms with Crippen molar-refractivity contribution in [3.05, 3.63) is 89.5 Å². The molecule has 0 saturated carbocycles. The maximum Gasteiger partial charge on any atom is 0.254 e. The number of hydrogen-bond acceptors (Lipinski definition) is 5. The summed E-state index contributed by atoms with van der Waals surface area (Å²) in [5.74, 6) is 0.635. The van der Waals surface area contributed by atoms with Gasteiger partial charge in [-0.1, -0.05) is 48.5 Å². The lowest BCUT2D eigenvalue weighted by Crippen LogP contribution is -2.41. The zero-order valence-electron chi connectivity index (χ0n) is 18.5. The maximum absolute atomic E-state index is 13.3. The van der Waals surface area contributed by atoms with Crippen LogP contribution in [0.25, 0.3) is 0 Å². The van der Waals surface area contributed by atoms with Crippen LogP contribution in [-0.4, -0.2) is 42.4 Å². The third-order valence-corrected chi connectivity index (χ3v) is 6.23. The van der Waals surface area contributed by atoms with Gasteiger partial charge < -0.3 is 19.7 Å². The standard InChI is InChI=1S/C27H24N2O5/c30-25(18-6-2-1-3-7-18)21-8-4-5-9-22(21)27(32)29-14-12-19(13-15-29)26(31)28-20-10-11-23-24(16-20)34-17-33-23/h1-11,16,19H,12-15,17H2,(H,28,31). The number of hydrogen-bond donors (Lipinski definition) is 1. The van der Waals surface area contributed by atoms with Crippen LogP contribution in [0.15, 0.2) is 72.8 Å². The number of piperidine rings is 1. The Morgan fingerprint density at radius 3 is 2.24 bits per heavy atom. The van der Waals surface area contributed by atoms with Crippen molar-refractivity contribution in [3.63, 3.8) is 0 Å². The molecule has 3 aromatic rings. The Kier molecular flexibility index (Phi) is 5.99. The van der Waals surface area contributed by atoms with Crippen LogP contribution in [0, 0.1) is 5.92 Å². The lowest BCUT2D eigenvalue weighted by Gasteiger charge is -2.31. The first kappa shape index (κ1) is 21.7. The molecular formula is C27H24N2O5. The fourth-order valence-corrected chi connectivity index (χ4v) is 4.35. The summed E-state index contributed by atoms with van der Waals surface area (Å²) in [6.45, 7) is 1.08. The molecule has 1 saturated heterocycles. The van der Waals surface area contributed by atoms with Crippen molar-refractivity contribution in [2.75, 3.05) is 25.2 Å². The van der Waals surface area contributed by atoms with Gasteiger partial charge in [-0.3, -0.25) is 14.4 Å². The molecule has 1 N–H and O–H groups in total. The molecule has 0 unspecified atom stereocenters. The number of nitrogens with zero attached hydrogens (tertiary/aromatic N) is 1. The van der Waals surface area contributed by atoms with E-state index in [-0.39, 0.29) is 30.3 Å². The quantitative estimate of drug-likeness (QED) is 0.584. The summed E-state index contributed by atoms with van der Waals surface area (Å²) < 4.78 is 10.7. The van der Waals surface area contributed by atoms with E-state index < -0.39 is 0 Å². The normalized spacial score (nSPS) is 15.1. The molecule has 2 amide bonds. The maximum atomic E-state index is 13.3. The van der Waals surface area contributed by atoms with E-state index in [1.165, 1.54) is 0 Å². The summed E-state index contributed by atoms with van der Waals surface area (Å²) in [5.41, 5.74) is 1.98. The first-order valence-corrected chi connectivity index (χ1v) is 11.3. The van der Waals surface area contributed by atoms with Crippen LogP contribution in [0.2, 0.25) is 0 Å². The third kappa shape index (κ3) is 4.37. The van der Waals surface area contributed by atoms with Gasteiger partial charge in [0.1, 0.15) is 0 Å². The van der Waals surface area contributed by atoms with Gasteiger partial charge in [0, 0.05) is 41.9 Å². The van der Waals surface area contributed by atoms with Gasteiger partial charge in [-0.2, -0.15) is 0 Å². The van der Waals surface area contributed by atoms with Crippen molar-refractivity contribution in [1.82, 2.24) is 4.90 Å². The summed E-state index contributed by atoms with van der Waals surface area (Å²) in [4.78, 5) is 40.8. The molecule has 0 bridgehead atoms. The highest BCUT2D eigenvalue weighted by Gasteiger charge is 2.30. The van der Waals surface area contributed by atoms with Gasteiger partial charge in [0.25, 0.3) is 5.91 Å². The van der Waals surface area contributed by atoms with Crippen LogP contribution in [-0.2, 0) is 4.79 Å². The Morgan fingerprint density at radius 1 is 0.794 bits per heavy atom. The van der Waals surface area contributed by atoms with Gasteiger partial charge in [0.2, 0.25) is 12.7 Å². The predicted molar refractivity (Wildman–Crippen MR) is 126 cm³/mol. The first-order chi connectivity index (χ1) is 16.6. The molecule has 5 rings (SSSR count). The average molecular weight is 456 g/mol. The molecule has 0 radical (unpaired) electrons. The van der Waals surface area contributed by atoms with E-state index in [1.54, 1.807) is 71.6 Å². The van der Waals surface area contributed by atoms with Gasteiger partial charge in [0.15, 0.2) is 17.3 Å². The zero-order valence-corrected chi connectivity index (χ0v) is 18.5. The van der Waals surface area contributed by atoms with E-state index in [0.717, 1.165) is 0 Å². The van der Waals surface area contributed by atoms with E-state index in [0.29, 0.717) is 59.8 Å². The monoisotopic (exact) mass is 456 g/mol. The number of likely N-dealkylation sites (tertiary alicyclic amines) is 1. The molecule has 0 atom stereocenters. The second-order valence-corrected chi connectivity index (χ2v) is 8.36. The molecule has 0 aromatic heterocycles. The fourth-order valence-electron chi connectivity index (χ4n) is 4.35. The van der Waals surface area contributed by atoms with Crippen LogP contribution in [0.4, 0.5) is 5.69 Å². The highest BCUT2D eigenvalue weighted by atomic mass is 16.7. The minimum Gasteiger partial charge on any atom is -0.454 e. The largest absolute Gasteiger partial charge is 0.454 e. The van der Waals surface area contributed by atoms with E-state index >= 15 is 0 Å². The third-order valence-electron chi connectivity index (χ3n) is 6.23. The van der Waals surface area contributed by atoms with Crippen molar-refractivity contribution in [1.29, 1.82) is 0 Å². The van der Waals surface area contributed by atoms with Crippen molar-refractivity contribution < 1.29 is 23.9 Å². The number of anilines is 1. The van der Waals surface area contributed by atoms with Gasteiger partial charge in [0.05, 0.1) is 5.56 Å². The van der Waals surface area contributed by atoms with Gasteiger partial charge in [-0.05, 0) is 31.0 Å². The number of rotatable bonds is 5. The molecule has 0 aliphatic carbocycles. The number of ketones is 1. The lowest BCUT2D eigenvalue weighted by molar-refractivity contribution is -0.121. The molecule has 0 spiro atoms. The van der Waals surface area contributed by atoms with E-state index in [4.69, 9.17) is 9.47 Å². The van der Waals surface area contributed by atoms with Crippen molar-refractivity contribution >= 4 is 23.3 Å². The summed E-state index contributed by atoms with van der Waals surface area (Å²) in [5, 5.41) is 2.94. The summed E-state index contributed by atoms with van der Waals surface area (Å²) >= 11 is 0. The molecule has 7 nitrogen and oxygen atoms in total. The molecule has 172 valence electrons. The van der Waals surface area contributed by atoms with Crippen molar-refractivity contribution in [2.24, 2.45) is 5.92 Å². The van der Waals surface area contributed by atoms with Crippen LogP contribution >= 0.6 is 0 Å². The fraction of sp³-hybridized carbons (Fsp3) is 0.222. The lowest BCUT2D eigenvalue weighted by atomic mass is 9.93. The molecule has 3 aromatic carbocycles. The summed E-state index contributed by atoms with van der Waals surface area (Å²) in [6.07, 6.45) is 1.11. The van der Waals surface area contributed by atoms with Gasteiger partial charge >= 0.3 is 0 Å². The van der Waals surface area contributed by atoms with Crippen LogP contribution in [0.5, 0.6) is 11.5 Å². The Bertz CT molecular complexity index is 1230. The molecule has 7 heteroatoms. The highest BCUT2D eigenvalue weighted by Crippen LogP contribution is 2.34. The van der Waals surface area contributed by atoms with E-state index in [9.17, 15) is 14.4 Å². The van der Waals surface area contributed by atoms with Crippen molar-refractivity contribution in [3.8, 4) is 11.5 Å². The minimum absolute atomic E-state index is 0.0781. The smallest absolute Gasteiger partial charge is 0.254 e. The molecule has 2 aliphatic heterocycles. The number of ether oxygens (including phenoxy) is 2. The number of fused-ring (bicyclic) bond motifs is 1. The van der Waals surface area contributed by atoms with Crippen LogP contribution < -0.4 is 14.8 Å². The number of amides is 2. The van der Waals surface area contributed by atoms with E-state index in [2.05, 4.69) is 5.32 Å². The summed E-state index contributed by atoms with van der Waals surface area (Å²) in [7, 11) is 0. The Morgan fingerprint density at radius 2 is 1.47 bits per heavy atom. The number of carbonyl (C=O) groups excluding carboxylic acids is 3. The molecule has 2 aliphatic rings. The van der Waals surface area contributed by atoms with Crippen LogP contribution in [0.1, 0.15) is 39.1 Å². The van der Waals surface area contributed by atoms with Gasteiger partial charge in [-0.15, -0.1) is 0 Å². The Hall–Kier alpha value is -4.13. The average Bonchev–Trinajstić information content (AvgIpc) is 3.36. The summed E-state index contributed by atoms with van der Waals surface area (Å²) in [6, 6.07) is 21.2. The molecule has 1 fully saturated rings. The topological polar surface area (TPSA) is 84.9 Å². The minimum atomic E-state index is -0.198. The van der Waals surface area contributed by atoms with E-state index in [1.807, 2.05) is 6.07 Å². The second-order valence-electron chi connectivity index (χ2n) is 8.36. The number of carbonyl (C=O) groups is 3. The van der Waals surface area contributed by atoms with Crippen molar-refractivity contribution in [2.45, 2.75) is 12.8 Å². The number of benzene rings is 3.